The summed E-state index contributed by atoms with van der Waals surface area (Å²) in [6, 6.07) is 5.97. The minimum absolute atomic E-state index is 0.176. The van der Waals surface area contributed by atoms with Crippen molar-refractivity contribution in [3.05, 3.63) is 23.8 Å². The van der Waals surface area contributed by atoms with Crippen LogP contribution in [-0.2, 0) is 10.3 Å². The summed E-state index contributed by atoms with van der Waals surface area (Å²) < 4.78 is 16.6. The Hall–Kier alpha value is -1.26. The van der Waals surface area contributed by atoms with E-state index in [-0.39, 0.29) is 11.6 Å². The van der Waals surface area contributed by atoms with E-state index in [4.69, 9.17) is 19.9 Å². The molecule has 0 bridgehead atoms. The van der Waals surface area contributed by atoms with Crippen molar-refractivity contribution in [1.29, 1.82) is 0 Å². The highest BCUT2D eigenvalue weighted by molar-refractivity contribution is 5.44. The molecule has 0 radical (unpaired) electrons. The molecule has 0 aromatic heterocycles. The molecule has 1 fully saturated rings. The Kier molecular flexibility index (Phi) is 3.78. The third kappa shape index (κ3) is 2.44. The van der Waals surface area contributed by atoms with Crippen molar-refractivity contribution in [3.63, 3.8) is 0 Å². The number of methoxy groups -OCH3 is 2. The number of rotatable bonds is 3. The second kappa shape index (κ2) is 5.16. The van der Waals surface area contributed by atoms with E-state index in [1.54, 1.807) is 14.2 Å². The Morgan fingerprint density at radius 3 is 2.72 bits per heavy atom. The highest BCUT2D eigenvalue weighted by Crippen LogP contribution is 2.40. The van der Waals surface area contributed by atoms with Gasteiger partial charge in [-0.05, 0) is 31.9 Å². The van der Waals surface area contributed by atoms with Crippen LogP contribution in [0.2, 0.25) is 0 Å². The molecule has 2 N–H and O–H groups in total. The molecule has 1 heterocycles. The molecule has 2 atom stereocenters. The van der Waals surface area contributed by atoms with Gasteiger partial charge in [0.05, 0.1) is 19.8 Å². The van der Waals surface area contributed by atoms with Gasteiger partial charge in [0.25, 0.3) is 0 Å². The van der Waals surface area contributed by atoms with Crippen LogP contribution in [0.25, 0.3) is 0 Å². The van der Waals surface area contributed by atoms with Gasteiger partial charge < -0.3 is 19.9 Å². The molecule has 1 aliphatic rings. The summed E-state index contributed by atoms with van der Waals surface area (Å²) in [6.45, 7) is 2.75. The summed E-state index contributed by atoms with van der Waals surface area (Å²) in [5.74, 6) is 1.56. The van der Waals surface area contributed by atoms with Gasteiger partial charge in [0.15, 0.2) is 0 Å². The van der Waals surface area contributed by atoms with Crippen LogP contribution in [0.5, 0.6) is 11.5 Å². The zero-order chi connectivity index (χ0) is 13.2. The van der Waals surface area contributed by atoms with E-state index in [9.17, 15) is 0 Å². The van der Waals surface area contributed by atoms with Crippen molar-refractivity contribution >= 4 is 0 Å². The van der Waals surface area contributed by atoms with Gasteiger partial charge in [0, 0.05) is 24.3 Å². The smallest absolute Gasteiger partial charge is 0.128 e. The first kappa shape index (κ1) is 13.2. The van der Waals surface area contributed by atoms with Gasteiger partial charge in [-0.3, -0.25) is 0 Å². The van der Waals surface area contributed by atoms with Gasteiger partial charge in [0.2, 0.25) is 0 Å². The lowest BCUT2D eigenvalue weighted by Crippen LogP contribution is -2.41. The molecule has 0 saturated carbocycles. The van der Waals surface area contributed by atoms with Crippen LogP contribution in [0, 0.1) is 0 Å². The van der Waals surface area contributed by atoms with Gasteiger partial charge >= 0.3 is 0 Å². The molecule has 0 aliphatic carbocycles. The fourth-order valence-electron chi connectivity index (χ4n) is 2.52. The summed E-state index contributed by atoms with van der Waals surface area (Å²) in [6.07, 6.45) is 1.71. The van der Waals surface area contributed by atoms with Gasteiger partial charge in [-0.1, -0.05) is 0 Å². The van der Waals surface area contributed by atoms with E-state index in [0.29, 0.717) is 6.61 Å². The van der Waals surface area contributed by atoms with Crippen LogP contribution in [0.4, 0.5) is 0 Å². The first-order valence-corrected chi connectivity index (χ1v) is 6.21. The molecule has 4 nitrogen and oxygen atoms in total. The van der Waals surface area contributed by atoms with Crippen LogP contribution in [0.1, 0.15) is 25.3 Å². The van der Waals surface area contributed by atoms with Crippen LogP contribution >= 0.6 is 0 Å². The molecule has 0 spiro atoms. The molecule has 1 aromatic carbocycles. The maximum atomic E-state index is 6.05. The molecule has 0 amide bonds. The van der Waals surface area contributed by atoms with Crippen molar-refractivity contribution in [1.82, 2.24) is 0 Å². The first-order chi connectivity index (χ1) is 8.59. The van der Waals surface area contributed by atoms with Crippen LogP contribution < -0.4 is 15.2 Å². The fourth-order valence-corrected chi connectivity index (χ4v) is 2.52. The Morgan fingerprint density at radius 2 is 2.11 bits per heavy atom. The van der Waals surface area contributed by atoms with E-state index >= 15 is 0 Å². The van der Waals surface area contributed by atoms with Crippen LogP contribution in [0.3, 0.4) is 0 Å². The minimum Gasteiger partial charge on any atom is -0.497 e. The van der Waals surface area contributed by atoms with Crippen molar-refractivity contribution in [3.8, 4) is 11.5 Å². The molecular formula is C14H21NO3. The summed E-state index contributed by atoms with van der Waals surface area (Å²) in [4.78, 5) is 0. The quantitative estimate of drug-likeness (QED) is 0.893. The van der Waals surface area contributed by atoms with Crippen molar-refractivity contribution in [2.24, 2.45) is 5.73 Å². The summed E-state index contributed by atoms with van der Waals surface area (Å²) in [5, 5.41) is 0. The SMILES string of the molecule is COc1ccc(C2(C)CC(N)CCO2)c(OC)c1. The second-order valence-corrected chi connectivity index (χ2v) is 4.90. The molecule has 4 heteroatoms. The number of ether oxygens (including phenoxy) is 3. The summed E-state index contributed by atoms with van der Waals surface area (Å²) in [5.41, 5.74) is 6.70. The first-order valence-electron chi connectivity index (χ1n) is 6.21. The fraction of sp³-hybridized carbons (Fsp3) is 0.571. The highest BCUT2D eigenvalue weighted by Gasteiger charge is 2.35. The van der Waals surface area contributed by atoms with E-state index < -0.39 is 0 Å². The highest BCUT2D eigenvalue weighted by atomic mass is 16.5. The predicted octanol–water partition coefficient (Wildman–Crippen LogP) is 2.06. The molecule has 1 aliphatic heterocycles. The van der Waals surface area contributed by atoms with Crippen molar-refractivity contribution < 1.29 is 14.2 Å². The summed E-state index contributed by atoms with van der Waals surface area (Å²) in [7, 11) is 3.30. The number of hydrogen-bond donors (Lipinski definition) is 1. The van der Waals surface area contributed by atoms with Gasteiger partial charge in [-0.2, -0.15) is 0 Å². The molecule has 100 valence electrons. The number of benzene rings is 1. The number of hydrogen-bond acceptors (Lipinski definition) is 4. The van der Waals surface area contributed by atoms with E-state index in [1.165, 1.54) is 0 Å². The van der Waals surface area contributed by atoms with Gasteiger partial charge in [-0.15, -0.1) is 0 Å². The lowest BCUT2D eigenvalue weighted by atomic mass is 9.85. The molecule has 1 aromatic rings. The average molecular weight is 251 g/mol. The lowest BCUT2D eigenvalue weighted by Gasteiger charge is -2.38. The topological polar surface area (TPSA) is 53.7 Å². The third-order valence-corrected chi connectivity index (χ3v) is 3.54. The van der Waals surface area contributed by atoms with Crippen LogP contribution in [-0.4, -0.2) is 26.9 Å². The van der Waals surface area contributed by atoms with Gasteiger partial charge in [0.1, 0.15) is 11.5 Å². The Balaban J connectivity index is 2.36. The normalized spacial score (nSPS) is 27.9. The van der Waals surface area contributed by atoms with Crippen LogP contribution in [0.15, 0.2) is 18.2 Å². The largest absolute Gasteiger partial charge is 0.497 e. The van der Waals surface area contributed by atoms with E-state index in [0.717, 1.165) is 29.9 Å². The van der Waals surface area contributed by atoms with Crippen molar-refractivity contribution in [2.75, 3.05) is 20.8 Å². The molecule has 2 unspecified atom stereocenters. The Labute approximate surface area is 108 Å². The van der Waals surface area contributed by atoms with Crippen molar-refractivity contribution in [2.45, 2.75) is 31.4 Å². The third-order valence-electron chi connectivity index (χ3n) is 3.54. The molecule has 2 rings (SSSR count). The zero-order valence-corrected chi connectivity index (χ0v) is 11.2. The van der Waals surface area contributed by atoms with Gasteiger partial charge in [-0.25, -0.2) is 0 Å². The molecular weight excluding hydrogens is 230 g/mol. The van der Waals surface area contributed by atoms with E-state index in [2.05, 4.69) is 6.92 Å². The minimum atomic E-state index is -0.380. The molecule has 1 saturated heterocycles. The standard InChI is InChI=1S/C14H21NO3/c1-14(9-10(15)6-7-18-14)12-5-4-11(16-2)8-13(12)17-3/h4-5,8,10H,6-7,9,15H2,1-3H3. The lowest BCUT2D eigenvalue weighted by molar-refractivity contribution is -0.0777. The average Bonchev–Trinajstić information content (AvgIpc) is 2.37. The summed E-state index contributed by atoms with van der Waals surface area (Å²) >= 11 is 0. The van der Waals surface area contributed by atoms with E-state index in [1.807, 2.05) is 18.2 Å². The maximum absolute atomic E-state index is 6.05. The molecule has 18 heavy (non-hydrogen) atoms. The number of nitrogens with two attached hydrogens (primary N) is 1. The predicted molar refractivity (Wildman–Crippen MR) is 70.1 cm³/mol. The maximum Gasteiger partial charge on any atom is 0.128 e. The Bertz CT molecular complexity index is 422. The zero-order valence-electron chi connectivity index (χ0n) is 11.2. The monoisotopic (exact) mass is 251 g/mol. The second-order valence-electron chi connectivity index (χ2n) is 4.90. The Morgan fingerprint density at radius 1 is 1.33 bits per heavy atom.